The number of pyridine rings is 1. The second-order valence-corrected chi connectivity index (χ2v) is 6.70. The molecule has 1 amide bonds. The lowest BCUT2D eigenvalue weighted by atomic mass is 10.2. The average molecular weight is 348 g/mol. The third-order valence-electron chi connectivity index (χ3n) is 4.71. The van der Waals surface area contributed by atoms with E-state index in [9.17, 15) is 4.79 Å². The Hall–Kier alpha value is -1.70. The lowest BCUT2D eigenvalue weighted by Gasteiger charge is -2.34. The summed E-state index contributed by atoms with van der Waals surface area (Å²) in [6.45, 7) is 5.81. The van der Waals surface area contributed by atoms with Crippen LogP contribution in [0.5, 0.6) is 0 Å². The van der Waals surface area contributed by atoms with E-state index in [1.54, 1.807) is 0 Å². The molecule has 3 rings (SSSR count). The van der Waals surface area contributed by atoms with Gasteiger partial charge in [0.15, 0.2) is 0 Å². The Morgan fingerprint density at radius 1 is 1.40 bits per heavy atom. The minimum Gasteiger partial charge on any atom is -0.376 e. The molecule has 7 heteroatoms. The molecule has 0 radical (unpaired) electrons. The molecule has 0 spiro atoms. The number of anilines is 1. The van der Waals surface area contributed by atoms with Crippen molar-refractivity contribution >= 4 is 11.7 Å². The van der Waals surface area contributed by atoms with Gasteiger partial charge in [0.1, 0.15) is 12.4 Å². The van der Waals surface area contributed by atoms with E-state index in [4.69, 9.17) is 9.47 Å². The molecule has 1 aromatic rings. The topological polar surface area (TPSA) is 66.9 Å². The van der Waals surface area contributed by atoms with Crippen molar-refractivity contribution in [3.8, 4) is 0 Å². The number of rotatable bonds is 7. The molecule has 0 bridgehead atoms. The summed E-state index contributed by atoms with van der Waals surface area (Å²) in [5, 5.41) is 2.93. The maximum Gasteiger partial charge on any atom is 0.246 e. The summed E-state index contributed by atoms with van der Waals surface area (Å²) in [6, 6.07) is 3.93. The molecule has 1 aromatic heterocycles. The fourth-order valence-electron chi connectivity index (χ4n) is 3.17. The SMILES string of the molecule is CN1CCN(c2ncccc2CNC(=O)COCC2CCCO2)CC1. The van der Waals surface area contributed by atoms with Gasteiger partial charge in [-0.25, -0.2) is 4.98 Å². The smallest absolute Gasteiger partial charge is 0.246 e. The highest BCUT2D eigenvalue weighted by Gasteiger charge is 2.19. The highest BCUT2D eigenvalue weighted by Crippen LogP contribution is 2.18. The summed E-state index contributed by atoms with van der Waals surface area (Å²) in [7, 11) is 2.13. The van der Waals surface area contributed by atoms with Crippen molar-refractivity contribution in [2.45, 2.75) is 25.5 Å². The van der Waals surface area contributed by atoms with Crippen LogP contribution in [-0.2, 0) is 20.8 Å². The Labute approximate surface area is 149 Å². The van der Waals surface area contributed by atoms with E-state index in [0.29, 0.717) is 13.2 Å². The molecule has 1 N–H and O–H groups in total. The third-order valence-corrected chi connectivity index (χ3v) is 4.71. The van der Waals surface area contributed by atoms with Gasteiger partial charge >= 0.3 is 0 Å². The molecule has 2 aliphatic heterocycles. The normalized spacial score (nSPS) is 21.5. The van der Waals surface area contributed by atoms with E-state index in [-0.39, 0.29) is 18.6 Å². The molecule has 3 heterocycles. The molecule has 2 saturated heterocycles. The van der Waals surface area contributed by atoms with Gasteiger partial charge in [0.25, 0.3) is 0 Å². The van der Waals surface area contributed by atoms with Gasteiger partial charge in [0, 0.05) is 51.1 Å². The van der Waals surface area contributed by atoms with Gasteiger partial charge in [0.05, 0.1) is 12.7 Å². The molecule has 138 valence electrons. The van der Waals surface area contributed by atoms with E-state index in [1.807, 2.05) is 18.3 Å². The first-order valence-corrected chi connectivity index (χ1v) is 9.06. The van der Waals surface area contributed by atoms with Crippen LogP contribution in [0.3, 0.4) is 0 Å². The lowest BCUT2D eigenvalue weighted by Crippen LogP contribution is -2.45. The average Bonchev–Trinajstić information content (AvgIpc) is 3.14. The lowest BCUT2D eigenvalue weighted by molar-refractivity contribution is -0.127. The minimum atomic E-state index is -0.105. The summed E-state index contributed by atoms with van der Waals surface area (Å²) >= 11 is 0. The van der Waals surface area contributed by atoms with Crippen LogP contribution in [0.15, 0.2) is 18.3 Å². The number of nitrogens with one attached hydrogen (secondary N) is 1. The molecule has 0 aromatic carbocycles. The summed E-state index contributed by atoms with van der Waals surface area (Å²) < 4.78 is 10.9. The van der Waals surface area contributed by atoms with Crippen LogP contribution >= 0.6 is 0 Å². The van der Waals surface area contributed by atoms with Gasteiger partial charge in [-0.05, 0) is 26.0 Å². The fraction of sp³-hybridized carbons (Fsp3) is 0.667. The quantitative estimate of drug-likeness (QED) is 0.780. The standard InChI is InChI=1S/C18H28N4O3/c1-21-7-9-22(10-8-21)18-15(4-2-6-19-18)12-20-17(23)14-24-13-16-5-3-11-25-16/h2,4,6,16H,3,5,7-14H2,1H3,(H,20,23). The second-order valence-electron chi connectivity index (χ2n) is 6.70. The Balaban J connectivity index is 1.45. The van der Waals surface area contributed by atoms with Crippen LogP contribution in [0.1, 0.15) is 18.4 Å². The van der Waals surface area contributed by atoms with Gasteiger partial charge in [-0.15, -0.1) is 0 Å². The number of likely N-dealkylation sites (N-methyl/N-ethyl adjacent to an activating group) is 1. The number of piperazine rings is 1. The van der Waals surface area contributed by atoms with Crippen molar-refractivity contribution in [2.75, 3.05) is 57.9 Å². The summed E-state index contributed by atoms with van der Waals surface area (Å²) in [6.07, 6.45) is 4.06. The first kappa shape index (κ1) is 18.1. The van der Waals surface area contributed by atoms with Crippen LogP contribution in [0.2, 0.25) is 0 Å². The number of carbonyl (C=O) groups is 1. The number of aromatic nitrogens is 1. The van der Waals surface area contributed by atoms with Gasteiger partial charge in [-0.2, -0.15) is 0 Å². The molecule has 0 aliphatic carbocycles. The summed E-state index contributed by atoms with van der Waals surface area (Å²) in [5.74, 6) is 0.863. The molecule has 7 nitrogen and oxygen atoms in total. The number of amides is 1. The van der Waals surface area contributed by atoms with Gasteiger partial charge in [-0.1, -0.05) is 6.07 Å². The maximum absolute atomic E-state index is 12.0. The van der Waals surface area contributed by atoms with Crippen LogP contribution < -0.4 is 10.2 Å². The number of hydrogen-bond donors (Lipinski definition) is 1. The zero-order valence-corrected chi connectivity index (χ0v) is 14.9. The van der Waals surface area contributed by atoms with Gasteiger partial charge in [0.2, 0.25) is 5.91 Å². The Bertz CT molecular complexity index is 555. The van der Waals surface area contributed by atoms with Gasteiger partial charge < -0.3 is 24.6 Å². The van der Waals surface area contributed by atoms with Crippen molar-refractivity contribution in [3.63, 3.8) is 0 Å². The maximum atomic E-state index is 12.0. The molecule has 25 heavy (non-hydrogen) atoms. The van der Waals surface area contributed by atoms with E-state index >= 15 is 0 Å². The molecule has 0 saturated carbocycles. The monoisotopic (exact) mass is 348 g/mol. The molecule has 2 fully saturated rings. The van der Waals surface area contributed by atoms with Crippen molar-refractivity contribution < 1.29 is 14.3 Å². The number of carbonyl (C=O) groups excluding carboxylic acids is 1. The Kier molecular flexibility index (Phi) is 6.61. The molecule has 1 unspecified atom stereocenters. The highest BCUT2D eigenvalue weighted by molar-refractivity contribution is 5.77. The van der Waals surface area contributed by atoms with Crippen molar-refractivity contribution in [3.05, 3.63) is 23.9 Å². The Morgan fingerprint density at radius 2 is 2.24 bits per heavy atom. The van der Waals surface area contributed by atoms with E-state index in [1.165, 1.54) is 0 Å². The van der Waals surface area contributed by atoms with Crippen LogP contribution in [0.4, 0.5) is 5.82 Å². The predicted octanol–water partition coefficient (Wildman–Crippen LogP) is 0.645. The Morgan fingerprint density at radius 3 is 3.00 bits per heavy atom. The second kappa shape index (κ2) is 9.12. The van der Waals surface area contributed by atoms with Crippen molar-refractivity contribution in [2.24, 2.45) is 0 Å². The number of nitrogens with zero attached hydrogens (tertiary/aromatic N) is 3. The molecule has 2 aliphatic rings. The van der Waals surface area contributed by atoms with E-state index in [2.05, 4.69) is 27.1 Å². The molecular weight excluding hydrogens is 320 g/mol. The molecular formula is C18H28N4O3. The predicted molar refractivity (Wildman–Crippen MR) is 95.6 cm³/mol. The van der Waals surface area contributed by atoms with Crippen LogP contribution in [0, 0.1) is 0 Å². The van der Waals surface area contributed by atoms with Gasteiger partial charge in [-0.3, -0.25) is 4.79 Å². The van der Waals surface area contributed by atoms with Crippen LogP contribution in [-0.4, -0.2) is 74.9 Å². The zero-order valence-electron chi connectivity index (χ0n) is 14.9. The number of hydrogen-bond acceptors (Lipinski definition) is 6. The van der Waals surface area contributed by atoms with Crippen molar-refractivity contribution in [1.29, 1.82) is 0 Å². The first-order valence-electron chi connectivity index (χ1n) is 9.06. The third kappa shape index (κ3) is 5.39. The van der Waals surface area contributed by atoms with E-state index < -0.39 is 0 Å². The van der Waals surface area contributed by atoms with E-state index in [0.717, 1.165) is 57.0 Å². The van der Waals surface area contributed by atoms with Crippen LogP contribution in [0.25, 0.3) is 0 Å². The highest BCUT2D eigenvalue weighted by atomic mass is 16.5. The number of ether oxygens (including phenoxy) is 2. The first-order chi connectivity index (χ1) is 12.2. The minimum absolute atomic E-state index is 0.0734. The zero-order chi connectivity index (χ0) is 17.5. The summed E-state index contributed by atoms with van der Waals surface area (Å²) in [4.78, 5) is 21.1. The molecule has 1 atom stereocenters. The largest absolute Gasteiger partial charge is 0.376 e. The van der Waals surface area contributed by atoms with Crippen molar-refractivity contribution in [1.82, 2.24) is 15.2 Å². The summed E-state index contributed by atoms with van der Waals surface area (Å²) in [5.41, 5.74) is 1.04. The fourth-order valence-corrected chi connectivity index (χ4v) is 3.17.